The van der Waals surface area contributed by atoms with Crippen molar-refractivity contribution in [2.45, 2.75) is 13.5 Å². The number of ether oxygens (including phenoxy) is 1. The van der Waals surface area contributed by atoms with E-state index >= 15 is 0 Å². The van der Waals surface area contributed by atoms with Crippen LogP contribution in [0.5, 0.6) is 0 Å². The Morgan fingerprint density at radius 3 is 2.65 bits per heavy atom. The Labute approximate surface area is 142 Å². The second-order valence-electron chi connectivity index (χ2n) is 5.64. The molecule has 0 radical (unpaired) electrons. The highest BCUT2D eigenvalue weighted by molar-refractivity contribution is 6.31. The lowest BCUT2D eigenvalue weighted by Gasteiger charge is -2.32. The zero-order chi connectivity index (χ0) is 16.7. The summed E-state index contributed by atoms with van der Waals surface area (Å²) in [5.74, 6) is 0. The molecule has 1 aromatic carbocycles. The zero-order valence-corrected chi connectivity index (χ0v) is 14.5. The van der Waals surface area contributed by atoms with Crippen LogP contribution >= 0.6 is 11.6 Å². The van der Waals surface area contributed by atoms with E-state index in [0.717, 1.165) is 37.7 Å². The largest absolute Gasteiger partial charge is 0.468 e. The second-order valence-corrected chi connectivity index (χ2v) is 6.07. The third-order valence-corrected chi connectivity index (χ3v) is 4.15. The minimum atomic E-state index is 0.431. The first kappa shape index (κ1) is 17.8. The van der Waals surface area contributed by atoms with Crippen molar-refractivity contribution >= 4 is 29.0 Å². The third kappa shape index (κ3) is 5.23. The molecule has 6 heteroatoms. The number of H-pyrrole nitrogens is 1. The van der Waals surface area contributed by atoms with Crippen LogP contribution in [0.25, 0.3) is 10.9 Å². The number of likely N-dealkylation sites (N-methyl/N-ethyl adjacent to an activating group) is 1. The molecule has 126 valence electrons. The lowest BCUT2D eigenvalue weighted by Crippen LogP contribution is -2.43. The average molecular weight is 338 g/mol. The Kier molecular flexibility index (Phi) is 6.89. The molecule has 3 rings (SSSR count). The molecule has 5 nitrogen and oxygen atoms in total. The van der Waals surface area contributed by atoms with Crippen LogP contribution in [0, 0.1) is 0 Å². The van der Waals surface area contributed by atoms with Gasteiger partial charge in [-0.3, -0.25) is 9.69 Å². The molecule has 0 spiro atoms. The fourth-order valence-electron chi connectivity index (χ4n) is 2.65. The zero-order valence-electron chi connectivity index (χ0n) is 13.7. The predicted octanol–water partition coefficient (Wildman–Crippen LogP) is 2.75. The summed E-state index contributed by atoms with van der Waals surface area (Å²) < 4.78 is 4.15. The Hall–Kier alpha value is -1.56. The molecule has 1 saturated heterocycles. The third-order valence-electron chi connectivity index (χ3n) is 3.93. The molecule has 0 unspecified atom stereocenters. The Morgan fingerprint density at radius 2 is 2.04 bits per heavy atom. The molecule has 0 bridgehead atoms. The smallest absolute Gasteiger partial charge is 0.293 e. The lowest BCUT2D eigenvalue weighted by molar-refractivity contribution is -0.128. The molecule has 1 N–H and O–H groups in total. The van der Waals surface area contributed by atoms with Crippen molar-refractivity contribution in [3.05, 3.63) is 35.0 Å². The van der Waals surface area contributed by atoms with Crippen LogP contribution in [0.15, 0.2) is 24.4 Å². The molecule has 23 heavy (non-hydrogen) atoms. The van der Waals surface area contributed by atoms with Gasteiger partial charge in [-0.15, -0.1) is 0 Å². The van der Waals surface area contributed by atoms with Gasteiger partial charge in [0.1, 0.15) is 0 Å². The number of aromatic nitrogens is 1. The maximum Gasteiger partial charge on any atom is 0.293 e. The predicted molar refractivity (Wildman–Crippen MR) is 93.8 cm³/mol. The molecular formula is C17H24ClN3O2. The van der Waals surface area contributed by atoms with Crippen LogP contribution in [0.2, 0.25) is 5.02 Å². The van der Waals surface area contributed by atoms with E-state index in [-0.39, 0.29) is 0 Å². The number of piperazine rings is 1. The fourth-order valence-corrected chi connectivity index (χ4v) is 2.90. The molecular weight excluding hydrogens is 314 g/mol. The van der Waals surface area contributed by atoms with Crippen molar-refractivity contribution in [2.75, 3.05) is 39.8 Å². The van der Waals surface area contributed by atoms with Crippen LogP contribution in [0.1, 0.15) is 12.5 Å². The van der Waals surface area contributed by atoms with E-state index in [2.05, 4.69) is 38.7 Å². The molecule has 1 fully saturated rings. The maximum atomic E-state index is 9.18. The number of fused-ring (bicyclic) bond motifs is 1. The van der Waals surface area contributed by atoms with Gasteiger partial charge in [0.25, 0.3) is 6.47 Å². The van der Waals surface area contributed by atoms with E-state index < -0.39 is 0 Å². The molecule has 0 saturated carbocycles. The van der Waals surface area contributed by atoms with E-state index in [4.69, 9.17) is 11.6 Å². The summed E-state index contributed by atoms with van der Waals surface area (Å²) in [5, 5.41) is 2.03. The number of halogens is 1. The minimum absolute atomic E-state index is 0.431. The molecule has 1 aliphatic rings. The highest BCUT2D eigenvalue weighted by Gasteiger charge is 2.15. The minimum Gasteiger partial charge on any atom is -0.468 e. The molecule has 2 heterocycles. The summed E-state index contributed by atoms with van der Waals surface area (Å²) in [4.78, 5) is 17.4. The number of nitrogens with zero attached hydrogens (tertiary/aromatic N) is 2. The van der Waals surface area contributed by atoms with Crippen molar-refractivity contribution in [2.24, 2.45) is 0 Å². The number of carbonyl (C=O) groups excluding carboxylic acids is 1. The Bertz CT molecular complexity index is 621. The molecule has 0 atom stereocenters. The van der Waals surface area contributed by atoms with Gasteiger partial charge in [-0.25, -0.2) is 0 Å². The second kappa shape index (κ2) is 8.91. The van der Waals surface area contributed by atoms with Gasteiger partial charge in [-0.05, 0) is 37.7 Å². The van der Waals surface area contributed by atoms with Gasteiger partial charge in [0.2, 0.25) is 0 Å². The normalized spacial score (nSPS) is 16.0. The Balaban J connectivity index is 0.000000338. The molecule has 1 aliphatic heterocycles. The monoisotopic (exact) mass is 337 g/mol. The van der Waals surface area contributed by atoms with Gasteiger partial charge in [0.05, 0.1) is 12.1 Å². The van der Waals surface area contributed by atoms with Gasteiger partial charge >= 0.3 is 0 Å². The fraction of sp³-hybridized carbons (Fsp3) is 0.471. The number of nitrogens with one attached hydrogen (secondary N) is 1. The van der Waals surface area contributed by atoms with Crippen molar-refractivity contribution < 1.29 is 9.53 Å². The highest BCUT2D eigenvalue weighted by atomic mass is 35.5. The summed E-state index contributed by atoms with van der Waals surface area (Å²) in [5.41, 5.74) is 2.52. The number of aromatic amines is 1. The SMILES string of the molecule is CCOC=O.CN1CCN(Cc2cc(Cl)cc3cc[nH]c23)CC1. The van der Waals surface area contributed by atoms with E-state index in [1.54, 1.807) is 6.92 Å². The van der Waals surface area contributed by atoms with E-state index in [1.807, 2.05) is 12.3 Å². The highest BCUT2D eigenvalue weighted by Crippen LogP contribution is 2.24. The van der Waals surface area contributed by atoms with Gasteiger partial charge in [-0.1, -0.05) is 11.6 Å². The average Bonchev–Trinajstić information content (AvgIpc) is 2.99. The first-order valence-electron chi connectivity index (χ1n) is 7.85. The maximum absolute atomic E-state index is 9.18. The number of hydrogen-bond donors (Lipinski definition) is 1. The van der Waals surface area contributed by atoms with Crippen LogP contribution in [-0.4, -0.2) is 61.1 Å². The van der Waals surface area contributed by atoms with Gasteiger partial charge < -0.3 is 14.6 Å². The van der Waals surface area contributed by atoms with Crippen molar-refractivity contribution in [3.63, 3.8) is 0 Å². The van der Waals surface area contributed by atoms with Crippen LogP contribution in [0.4, 0.5) is 0 Å². The summed E-state index contributed by atoms with van der Waals surface area (Å²) in [7, 11) is 2.18. The molecule has 0 amide bonds. The first-order valence-corrected chi connectivity index (χ1v) is 8.23. The first-order chi connectivity index (χ1) is 11.1. The Morgan fingerprint density at radius 1 is 1.30 bits per heavy atom. The van der Waals surface area contributed by atoms with Crippen LogP contribution in [0.3, 0.4) is 0 Å². The number of rotatable bonds is 4. The number of hydrogen-bond acceptors (Lipinski definition) is 4. The molecule has 0 aliphatic carbocycles. The van der Waals surface area contributed by atoms with Crippen molar-refractivity contribution in [1.29, 1.82) is 0 Å². The van der Waals surface area contributed by atoms with E-state index in [0.29, 0.717) is 13.1 Å². The number of benzene rings is 1. The standard InChI is InChI=1S/C14H18ClN3.C3H6O2/c1-17-4-6-18(7-5-17)10-12-9-13(15)8-11-2-3-16-14(11)12;1-2-5-3-4/h2-3,8-9,16H,4-7,10H2,1H3;3H,2H2,1H3. The van der Waals surface area contributed by atoms with E-state index in [9.17, 15) is 4.79 Å². The van der Waals surface area contributed by atoms with Crippen LogP contribution < -0.4 is 0 Å². The van der Waals surface area contributed by atoms with Crippen LogP contribution in [-0.2, 0) is 16.1 Å². The van der Waals surface area contributed by atoms with Gasteiger partial charge in [0.15, 0.2) is 0 Å². The van der Waals surface area contributed by atoms with Crippen molar-refractivity contribution in [1.82, 2.24) is 14.8 Å². The summed E-state index contributed by atoms with van der Waals surface area (Å²) in [6.45, 7) is 8.20. The molecule has 1 aromatic heterocycles. The van der Waals surface area contributed by atoms with Gasteiger partial charge in [0, 0.05) is 49.3 Å². The topological polar surface area (TPSA) is 48.6 Å². The number of carbonyl (C=O) groups is 1. The van der Waals surface area contributed by atoms with E-state index in [1.165, 1.54) is 16.5 Å². The summed E-state index contributed by atoms with van der Waals surface area (Å²) in [6.07, 6.45) is 1.98. The lowest BCUT2D eigenvalue weighted by atomic mass is 10.1. The van der Waals surface area contributed by atoms with Gasteiger partial charge in [-0.2, -0.15) is 0 Å². The summed E-state index contributed by atoms with van der Waals surface area (Å²) in [6, 6.07) is 6.17. The quantitative estimate of drug-likeness (QED) is 0.872. The summed E-state index contributed by atoms with van der Waals surface area (Å²) >= 11 is 6.18. The van der Waals surface area contributed by atoms with Crippen molar-refractivity contribution in [3.8, 4) is 0 Å². The molecule has 2 aromatic rings.